The third-order valence-corrected chi connectivity index (χ3v) is 5.25. The quantitative estimate of drug-likeness (QED) is 0.472. The number of ether oxygens (including phenoxy) is 2. The molecule has 0 aliphatic carbocycles. The summed E-state index contributed by atoms with van der Waals surface area (Å²) in [6.07, 6.45) is 1.84. The Bertz CT molecular complexity index is 861. The van der Waals surface area contributed by atoms with Gasteiger partial charge in [0.2, 0.25) is 0 Å². The van der Waals surface area contributed by atoms with Gasteiger partial charge in [0.25, 0.3) is 0 Å². The maximum absolute atomic E-state index is 13.6. The number of rotatable bonds is 7. The van der Waals surface area contributed by atoms with Crippen molar-refractivity contribution in [3.63, 3.8) is 0 Å². The minimum absolute atomic E-state index is 0.264. The molecule has 1 aliphatic rings. The fourth-order valence-corrected chi connectivity index (χ4v) is 3.44. The zero-order valence-electron chi connectivity index (χ0n) is 16.8. The highest BCUT2D eigenvalue weighted by Crippen LogP contribution is 2.39. The van der Waals surface area contributed by atoms with Crippen LogP contribution in [-0.4, -0.2) is 38.0 Å². The number of hydrogen-bond acceptors (Lipinski definition) is 3. The molecule has 0 radical (unpaired) electrons. The Morgan fingerprint density at radius 3 is 2.57 bits per heavy atom. The van der Waals surface area contributed by atoms with Gasteiger partial charge in [0, 0.05) is 18.6 Å². The number of aliphatic imine (C=N–C) groups is 1. The van der Waals surface area contributed by atoms with E-state index in [9.17, 15) is 4.39 Å². The third-order valence-electron chi connectivity index (χ3n) is 5.03. The van der Waals surface area contributed by atoms with Crippen LogP contribution in [0.5, 0.6) is 0 Å². The van der Waals surface area contributed by atoms with E-state index in [1.54, 1.807) is 6.07 Å². The van der Waals surface area contributed by atoms with E-state index >= 15 is 0 Å². The SMILES string of the molecule is CCN(C)C=Nc1cc(C)c(C2(OCc3cc(F)cc(Cl)c3)COC2)cc1C. The molecule has 0 spiro atoms. The van der Waals surface area contributed by atoms with Crippen LogP contribution >= 0.6 is 11.6 Å². The van der Waals surface area contributed by atoms with Crippen molar-refractivity contribution in [1.29, 1.82) is 0 Å². The first-order chi connectivity index (χ1) is 13.3. The first-order valence-electron chi connectivity index (χ1n) is 9.36. The van der Waals surface area contributed by atoms with Gasteiger partial charge in [0.15, 0.2) is 0 Å². The summed E-state index contributed by atoms with van der Waals surface area (Å²) in [5.74, 6) is -0.365. The van der Waals surface area contributed by atoms with E-state index in [1.165, 1.54) is 12.1 Å². The van der Waals surface area contributed by atoms with Crippen molar-refractivity contribution >= 4 is 23.6 Å². The molecule has 3 rings (SSSR count). The fraction of sp³-hybridized carbons (Fsp3) is 0.409. The van der Waals surface area contributed by atoms with Crippen LogP contribution in [0.3, 0.4) is 0 Å². The molecule has 0 aromatic heterocycles. The van der Waals surface area contributed by atoms with E-state index in [1.807, 2.05) is 25.2 Å². The van der Waals surface area contributed by atoms with Crippen molar-refractivity contribution in [1.82, 2.24) is 4.90 Å². The van der Waals surface area contributed by atoms with Crippen molar-refractivity contribution < 1.29 is 13.9 Å². The number of hydrogen-bond donors (Lipinski definition) is 0. The summed E-state index contributed by atoms with van der Waals surface area (Å²) < 4.78 is 25.3. The molecule has 28 heavy (non-hydrogen) atoms. The van der Waals surface area contributed by atoms with Gasteiger partial charge in [-0.25, -0.2) is 9.38 Å². The molecular weight excluding hydrogens is 379 g/mol. The molecule has 1 fully saturated rings. The molecule has 0 saturated carbocycles. The molecule has 0 atom stereocenters. The first kappa shape index (κ1) is 20.8. The lowest BCUT2D eigenvalue weighted by molar-refractivity contribution is -0.223. The molecule has 1 aliphatic heterocycles. The van der Waals surface area contributed by atoms with E-state index in [0.717, 1.165) is 28.9 Å². The summed E-state index contributed by atoms with van der Waals surface area (Å²) >= 11 is 5.95. The van der Waals surface area contributed by atoms with Crippen molar-refractivity contribution in [3.05, 3.63) is 63.4 Å². The Kier molecular flexibility index (Phi) is 6.38. The largest absolute Gasteiger partial charge is 0.375 e. The average molecular weight is 405 g/mol. The highest BCUT2D eigenvalue weighted by atomic mass is 35.5. The molecule has 150 valence electrons. The van der Waals surface area contributed by atoms with Gasteiger partial charge >= 0.3 is 0 Å². The second-order valence-corrected chi connectivity index (χ2v) is 7.76. The van der Waals surface area contributed by atoms with Crippen LogP contribution in [0.4, 0.5) is 10.1 Å². The van der Waals surface area contributed by atoms with Crippen LogP contribution in [0.25, 0.3) is 0 Å². The molecular formula is C22H26ClFN2O2. The van der Waals surface area contributed by atoms with Crippen LogP contribution in [0.2, 0.25) is 5.02 Å². The Morgan fingerprint density at radius 1 is 1.21 bits per heavy atom. The molecule has 1 saturated heterocycles. The number of aryl methyl sites for hydroxylation is 2. The van der Waals surface area contributed by atoms with Crippen LogP contribution in [0, 0.1) is 19.7 Å². The Balaban J connectivity index is 1.83. The van der Waals surface area contributed by atoms with Crippen LogP contribution < -0.4 is 0 Å². The molecule has 2 aromatic carbocycles. The summed E-state index contributed by atoms with van der Waals surface area (Å²) in [5.41, 5.74) is 4.36. The summed E-state index contributed by atoms with van der Waals surface area (Å²) in [6, 6.07) is 8.65. The predicted octanol–water partition coefficient (Wildman–Crippen LogP) is 5.15. The molecule has 0 amide bonds. The van der Waals surface area contributed by atoms with E-state index in [-0.39, 0.29) is 12.4 Å². The van der Waals surface area contributed by atoms with Gasteiger partial charge in [-0.1, -0.05) is 17.7 Å². The highest BCUT2D eigenvalue weighted by molar-refractivity contribution is 6.30. The summed E-state index contributed by atoms with van der Waals surface area (Å²) in [5, 5.41) is 0.365. The molecule has 0 unspecified atom stereocenters. The topological polar surface area (TPSA) is 34.1 Å². The van der Waals surface area contributed by atoms with Crippen LogP contribution in [0.15, 0.2) is 35.3 Å². The smallest absolute Gasteiger partial charge is 0.140 e. The van der Waals surface area contributed by atoms with Crippen molar-refractivity contribution in [3.8, 4) is 0 Å². The van der Waals surface area contributed by atoms with Crippen LogP contribution in [0.1, 0.15) is 29.2 Å². The maximum atomic E-state index is 13.6. The van der Waals surface area contributed by atoms with Crippen molar-refractivity contribution in [2.45, 2.75) is 33.0 Å². The zero-order chi connectivity index (χ0) is 20.3. The second kappa shape index (κ2) is 8.60. The molecule has 1 heterocycles. The normalized spacial score (nSPS) is 15.6. The van der Waals surface area contributed by atoms with E-state index < -0.39 is 5.60 Å². The Labute approximate surface area is 170 Å². The molecule has 0 N–H and O–H groups in total. The molecule has 2 aromatic rings. The van der Waals surface area contributed by atoms with Gasteiger partial charge in [0.1, 0.15) is 11.4 Å². The lowest BCUT2D eigenvalue weighted by Crippen LogP contribution is -2.49. The Hall–Kier alpha value is -1.95. The van der Waals surface area contributed by atoms with Gasteiger partial charge in [-0.05, 0) is 67.3 Å². The minimum atomic E-state index is -0.532. The van der Waals surface area contributed by atoms with Crippen molar-refractivity contribution in [2.24, 2.45) is 4.99 Å². The first-order valence-corrected chi connectivity index (χ1v) is 9.73. The maximum Gasteiger partial charge on any atom is 0.140 e. The standard InChI is InChI=1S/C22H26ClFN2O2/c1-5-26(4)14-25-21-7-15(2)20(6-16(21)3)22(12-27-13-22)28-11-17-8-18(23)10-19(24)9-17/h6-10,14H,5,11-13H2,1-4H3. The number of halogens is 2. The molecule has 4 nitrogen and oxygen atoms in total. The lowest BCUT2D eigenvalue weighted by atomic mass is 9.86. The molecule has 6 heteroatoms. The Morgan fingerprint density at radius 2 is 1.96 bits per heavy atom. The summed E-state index contributed by atoms with van der Waals surface area (Å²) in [6.45, 7) is 8.28. The van der Waals surface area contributed by atoms with Gasteiger partial charge in [-0.2, -0.15) is 0 Å². The average Bonchev–Trinajstić information content (AvgIpc) is 2.60. The van der Waals surface area contributed by atoms with Gasteiger partial charge in [-0.3, -0.25) is 0 Å². The highest BCUT2D eigenvalue weighted by Gasteiger charge is 2.43. The summed E-state index contributed by atoms with van der Waals surface area (Å²) in [7, 11) is 1.99. The lowest BCUT2D eigenvalue weighted by Gasteiger charge is -2.42. The predicted molar refractivity (Wildman–Crippen MR) is 111 cm³/mol. The van der Waals surface area contributed by atoms with E-state index in [4.69, 9.17) is 21.1 Å². The van der Waals surface area contributed by atoms with Crippen LogP contribution in [-0.2, 0) is 21.7 Å². The summed E-state index contributed by atoms with van der Waals surface area (Å²) in [4.78, 5) is 6.61. The second-order valence-electron chi connectivity index (χ2n) is 7.32. The third kappa shape index (κ3) is 4.54. The fourth-order valence-electron chi connectivity index (χ4n) is 3.19. The number of nitrogens with zero attached hydrogens (tertiary/aromatic N) is 2. The van der Waals surface area contributed by atoms with E-state index in [2.05, 4.69) is 31.0 Å². The minimum Gasteiger partial charge on any atom is -0.375 e. The zero-order valence-corrected chi connectivity index (χ0v) is 17.5. The number of benzene rings is 2. The monoisotopic (exact) mass is 404 g/mol. The van der Waals surface area contributed by atoms with Gasteiger partial charge in [0.05, 0.1) is 31.8 Å². The molecule has 0 bridgehead atoms. The van der Waals surface area contributed by atoms with Crippen molar-refractivity contribution in [2.75, 3.05) is 26.8 Å². The van der Waals surface area contributed by atoms with E-state index in [0.29, 0.717) is 23.8 Å². The van der Waals surface area contributed by atoms with Gasteiger partial charge < -0.3 is 14.4 Å². The van der Waals surface area contributed by atoms with Gasteiger partial charge in [-0.15, -0.1) is 0 Å².